The number of fused-ring (bicyclic) bond motifs is 1. The number of ether oxygens (including phenoxy) is 1. The van der Waals surface area contributed by atoms with Crippen LogP contribution in [0.1, 0.15) is 30.9 Å². The van der Waals surface area contributed by atoms with Crippen molar-refractivity contribution in [2.45, 2.75) is 26.4 Å². The Kier molecular flexibility index (Phi) is 5.79. The number of benzene rings is 2. The molecule has 0 saturated carbocycles. The molecular formula is C27H26N5O2+. The van der Waals surface area contributed by atoms with Crippen LogP contribution in [0.2, 0.25) is 0 Å². The van der Waals surface area contributed by atoms with Crippen LogP contribution in [-0.2, 0) is 11.4 Å². The number of nitrogens with one attached hydrogen (secondary N) is 1. The molecular weight excluding hydrogens is 426 g/mol. The third-order valence-electron chi connectivity index (χ3n) is 5.80. The maximum atomic E-state index is 11.9. The first-order valence-corrected chi connectivity index (χ1v) is 11.3. The second-order valence-electron chi connectivity index (χ2n) is 8.32. The predicted octanol–water partition coefficient (Wildman–Crippen LogP) is 4.72. The van der Waals surface area contributed by atoms with Crippen molar-refractivity contribution in [3.8, 4) is 5.75 Å². The van der Waals surface area contributed by atoms with Gasteiger partial charge < -0.3 is 10.1 Å². The van der Waals surface area contributed by atoms with E-state index in [9.17, 15) is 4.79 Å². The third-order valence-corrected chi connectivity index (χ3v) is 5.80. The minimum Gasteiger partial charge on any atom is -0.489 e. The van der Waals surface area contributed by atoms with E-state index < -0.39 is 0 Å². The van der Waals surface area contributed by atoms with E-state index in [2.05, 4.69) is 10.3 Å². The molecule has 34 heavy (non-hydrogen) atoms. The van der Waals surface area contributed by atoms with Crippen molar-refractivity contribution in [2.75, 3.05) is 5.32 Å². The molecule has 0 bridgehead atoms. The fourth-order valence-electron chi connectivity index (χ4n) is 4.02. The van der Waals surface area contributed by atoms with Gasteiger partial charge in [0, 0.05) is 17.7 Å². The second-order valence-corrected chi connectivity index (χ2v) is 8.32. The van der Waals surface area contributed by atoms with Gasteiger partial charge in [-0.2, -0.15) is 10.8 Å². The number of nitrogens with zero attached hydrogens (tertiary/aromatic N) is 3. The monoisotopic (exact) mass is 452 g/mol. The molecule has 0 fully saturated rings. The summed E-state index contributed by atoms with van der Waals surface area (Å²) in [7, 11) is 0. The lowest BCUT2D eigenvalue weighted by Gasteiger charge is -2.26. The summed E-state index contributed by atoms with van der Waals surface area (Å²) >= 11 is 0. The fraction of sp³-hybridized carbons (Fsp3) is 0.148. The second kappa shape index (κ2) is 9.05. The number of rotatable bonds is 8. The van der Waals surface area contributed by atoms with Gasteiger partial charge >= 0.3 is 0 Å². The SMILES string of the molecule is CCCC(=O)Nc1cccc(COc2cccc(C3=NC(C4=CC=C4)=C4C=NC=C[N+]34N)c2)c1. The Labute approximate surface area is 198 Å². The van der Waals surface area contributed by atoms with Gasteiger partial charge in [0.2, 0.25) is 11.6 Å². The van der Waals surface area contributed by atoms with Crippen LogP contribution in [0.3, 0.4) is 0 Å². The lowest BCUT2D eigenvalue weighted by molar-refractivity contribution is -0.750. The van der Waals surface area contributed by atoms with Crippen LogP contribution < -0.4 is 15.9 Å². The molecule has 1 unspecified atom stereocenters. The molecule has 2 aromatic carbocycles. The predicted molar refractivity (Wildman–Crippen MR) is 134 cm³/mol. The van der Waals surface area contributed by atoms with Gasteiger partial charge in [-0.25, -0.2) is 0 Å². The van der Waals surface area contributed by atoms with Gasteiger partial charge in [-0.15, -0.1) is 4.59 Å². The smallest absolute Gasteiger partial charge is 0.265 e. The highest BCUT2D eigenvalue weighted by molar-refractivity contribution is 6.01. The summed E-state index contributed by atoms with van der Waals surface area (Å²) in [4.78, 5) is 21.1. The molecule has 1 atom stereocenters. The van der Waals surface area contributed by atoms with Crippen LogP contribution >= 0.6 is 0 Å². The van der Waals surface area contributed by atoms with Crippen LogP contribution in [0.4, 0.5) is 5.69 Å². The quantitative estimate of drug-likeness (QED) is 0.449. The van der Waals surface area contributed by atoms with E-state index in [0.717, 1.165) is 40.2 Å². The summed E-state index contributed by atoms with van der Waals surface area (Å²) in [5, 5.41) is 2.92. The zero-order valence-electron chi connectivity index (χ0n) is 18.9. The Morgan fingerprint density at radius 1 is 1.18 bits per heavy atom. The number of nitrogens with two attached hydrogens (primary N) is 1. The van der Waals surface area contributed by atoms with Crippen molar-refractivity contribution in [3.05, 3.63) is 107 Å². The summed E-state index contributed by atoms with van der Waals surface area (Å²) in [5.74, 6) is 8.22. The third kappa shape index (κ3) is 4.14. The summed E-state index contributed by atoms with van der Waals surface area (Å²) < 4.78 is 6.04. The number of hydrogen-bond donors (Lipinski definition) is 2. The standard InChI is InChI=1S/C27H25N5O2/c1-2-6-25(33)30-22-11-3-7-19(15-22)18-34-23-12-5-10-21(16-23)27-31-26(20-8-4-9-20)24-17-29-13-14-32(24,27)28/h3-5,7-17H,2,6,18,28H2,1H3/p+1. The number of allylic oxidation sites excluding steroid dienone is 4. The van der Waals surface area contributed by atoms with Crippen molar-refractivity contribution >= 4 is 23.6 Å². The number of carbonyl (C=O) groups excluding carboxylic acids is 1. The molecule has 1 aliphatic carbocycles. The van der Waals surface area contributed by atoms with Gasteiger partial charge in [-0.3, -0.25) is 9.79 Å². The van der Waals surface area contributed by atoms with Gasteiger partial charge in [0.15, 0.2) is 0 Å². The van der Waals surface area contributed by atoms with Crippen molar-refractivity contribution in [1.29, 1.82) is 0 Å². The van der Waals surface area contributed by atoms with Crippen molar-refractivity contribution < 1.29 is 14.1 Å². The molecule has 3 N–H and O–H groups in total. The first-order chi connectivity index (χ1) is 16.6. The zero-order chi connectivity index (χ0) is 23.5. The Bertz CT molecular complexity index is 1330. The first kappa shape index (κ1) is 21.8. The molecule has 2 heterocycles. The molecule has 0 saturated heterocycles. The van der Waals surface area contributed by atoms with Crippen LogP contribution in [-0.4, -0.2) is 22.5 Å². The van der Waals surface area contributed by atoms with Crippen LogP contribution in [0.15, 0.2) is 106 Å². The number of amides is 1. The normalized spacial score (nSPS) is 19.9. The number of anilines is 1. The fourth-order valence-corrected chi connectivity index (χ4v) is 4.02. The maximum absolute atomic E-state index is 11.9. The highest BCUT2D eigenvalue weighted by atomic mass is 16.5. The highest BCUT2D eigenvalue weighted by Gasteiger charge is 2.44. The molecule has 5 rings (SSSR count). The Hall–Kier alpha value is -4.07. The van der Waals surface area contributed by atoms with E-state index in [1.165, 1.54) is 0 Å². The van der Waals surface area contributed by atoms with Crippen LogP contribution in [0.25, 0.3) is 0 Å². The topological polar surface area (TPSA) is 89.1 Å². The largest absolute Gasteiger partial charge is 0.489 e. The van der Waals surface area contributed by atoms with Crippen LogP contribution in [0.5, 0.6) is 5.75 Å². The Balaban J connectivity index is 1.34. The van der Waals surface area contributed by atoms with Gasteiger partial charge in [0.25, 0.3) is 5.84 Å². The number of aliphatic imine (C=N–C) groups is 2. The molecule has 2 aromatic rings. The number of carbonyl (C=O) groups is 1. The van der Waals surface area contributed by atoms with Gasteiger partial charge in [-0.1, -0.05) is 43.4 Å². The average molecular weight is 453 g/mol. The summed E-state index contributed by atoms with van der Waals surface area (Å²) in [6, 6.07) is 15.5. The molecule has 0 aromatic heterocycles. The van der Waals surface area contributed by atoms with E-state index in [1.807, 2.05) is 79.9 Å². The molecule has 1 amide bonds. The highest BCUT2D eigenvalue weighted by Crippen LogP contribution is 2.36. The summed E-state index contributed by atoms with van der Waals surface area (Å²) in [5.41, 5.74) is 5.32. The first-order valence-electron chi connectivity index (χ1n) is 11.3. The number of quaternary nitrogens is 1. The lowest BCUT2D eigenvalue weighted by atomic mass is 10.0. The molecule has 2 aliphatic heterocycles. The average Bonchev–Trinajstić information content (AvgIpc) is 3.10. The van der Waals surface area contributed by atoms with Gasteiger partial charge in [-0.05, 0) is 42.3 Å². The van der Waals surface area contributed by atoms with Gasteiger partial charge in [0.05, 0.1) is 18.0 Å². The Morgan fingerprint density at radius 3 is 2.82 bits per heavy atom. The van der Waals surface area contributed by atoms with Crippen molar-refractivity contribution in [2.24, 2.45) is 15.8 Å². The van der Waals surface area contributed by atoms with Crippen molar-refractivity contribution in [1.82, 2.24) is 0 Å². The van der Waals surface area contributed by atoms with E-state index in [4.69, 9.17) is 15.6 Å². The lowest BCUT2D eigenvalue weighted by Crippen LogP contribution is -2.53. The molecule has 3 aliphatic rings. The van der Waals surface area contributed by atoms with Crippen LogP contribution in [0, 0.1) is 0 Å². The molecule has 0 radical (unpaired) electrons. The molecule has 7 nitrogen and oxygen atoms in total. The summed E-state index contributed by atoms with van der Waals surface area (Å²) in [6.07, 6.45) is 12.6. The zero-order valence-corrected chi connectivity index (χ0v) is 18.9. The van der Waals surface area contributed by atoms with Gasteiger partial charge in [0.1, 0.15) is 24.3 Å². The molecule has 0 spiro atoms. The van der Waals surface area contributed by atoms with Crippen molar-refractivity contribution in [3.63, 3.8) is 0 Å². The minimum absolute atomic E-state index is 0.0155. The van der Waals surface area contributed by atoms with E-state index in [1.54, 1.807) is 12.4 Å². The number of hydrogen-bond acceptors (Lipinski definition) is 5. The van der Waals surface area contributed by atoms with E-state index in [-0.39, 0.29) is 10.5 Å². The van der Waals surface area contributed by atoms with E-state index in [0.29, 0.717) is 24.6 Å². The molecule has 170 valence electrons. The molecule has 7 heteroatoms. The van der Waals surface area contributed by atoms with E-state index >= 15 is 0 Å². The number of amidine groups is 1. The summed E-state index contributed by atoms with van der Waals surface area (Å²) in [6.45, 7) is 2.35. The minimum atomic E-state index is -0.0348. The maximum Gasteiger partial charge on any atom is 0.265 e. The Morgan fingerprint density at radius 2 is 2.03 bits per heavy atom.